The van der Waals surface area contributed by atoms with E-state index in [4.69, 9.17) is 21.8 Å². The van der Waals surface area contributed by atoms with Crippen LogP contribution >= 0.6 is 12.2 Å². The van der Waals surface area contributed by atoms with Crippen LogP contribution in [0.2, 0.25) is 0 Å². The van der Waals surface area contributed by atoms with Crippen LogP contribution in [-0.4, -0.2) is 60.8 Å². The fourth-order valence-electron chi connectivity index (χ4n) is 3.94. The molecule has 0 N–H and O–H groups in total. The lowest BCUT2D eigenvalue weighted by Gasteiger charge is -2.24. The lowest BCUT2D eigenvalue weighted by atomic mass is 10.1. The van der Waals surface area contributed by atoms with E-state index in [0.29, 0.717) is 62.0 Å². The van der Waals surface area contributed by atoms with Crippen LogP contribution in [0.15, 0.2) is 48.5 Å². The van der Waals surface area contributed by atoms with Gasteiger partial charge in [-0.15, -0.1) is 0 Å². The second-order valence-corrected chi connectivity index (χ2v) is 8.47. The van der Waals surface area contributed by atoms with Crippen LogP contribution in [0.3, 0.4) is 0 Å². The quantitative estimate of drug-likeness (QED) is 0.591. The van der Waals surface area contributed by atoms with Gasteiger partial charge in [-0.3, -0.25) is 9.74 Å². The summed E-state index contributed by atoms with van der Waals surface area (Å²) in [6.45, 7) is 3.69. The molecule has 1 amide bonds. The van der Waals surface area contributed by atoms with Crippen LogP contribution in [0.5, 0.6) is 0 Å². The lowest BCUT2D eigenvalue weighted by molar-refractivity contribution is -0.117. The standard InChI is InChI=1S/C24H26FN3O4S/c1-17(29)7-9-20-16-27(24(30)32-20)19-8-10-22(21(25)15-19)26-11-12-28(31-14-13-26)23(33)18-5-3-2-4-6-18/h2-6,8,10,15,20H,7,9,11-14,16H2,1H3/t20-/m0/s1. The van der Waals surface area contributed by atoms with Crippen LogP contribution in [0.4, 0.5) is 20.6 Å². The molecule has 2 aliphatic rings. The smallest absolute Gasteiger partial charge is 0.414 e. The van der Waals surface area contributed by atoms with Crippen LogP contribution in [0.25, 0.3) is 0 Å². The van der Waals surface area contributed by atoms with Crippen LogP contribution in [0, 0.1) is 5.82 Å². The Balaban J connectivity index is 1.40. The van der Waals surface area contributed by atoms with Gasteiger partial charge < -0.3 is 14.4 Å². The van der Waals surface area contributed by atoms with Crippen molar-refractivity contribution in [1.82, 2.24) is 5.06 Å². The molecule has 2 aliphatic heterocycles. The molecular weight excluding hydrogens is 445 g/mol. The molecule has 4 rings (SSSR count). The average molecular weight is 472 g/mol. The molecule has 0 unspecified atom stereocenters. The van der Waals surface area contributed by atoms with Gasteiger partial charge in [0, 0.05) is 25.1 Å². The zero-order valence-corrected chi connectivity index (χ0v) is 19.2. The molecule has 174 valence electrons. The Morgan fingerprint density at radius 3 is 2.67 bits per heavy atom. The maximum Gasteiger partial charge on any atom is 0.414 e. The van der Waals surface area contributed by atoms with Crippen molar-refractivity contribution in [2.75, 3.05) is 42.6 Å². The number of ether oxygens (including phenoxy) is 1. The molecule has 0 radical (unpaired) electrons. The van der Waals surface area contributed by atoms with E-state index >= 15 is 4.39 Å². The third kappa shape index (κ3) is 5.48. The summed E-state index contributed by atoms with van der Waals surface area (Å²) in [5, 5.41) is 1.68. The van der Waals surface area contributed by atoms with E-state index in [1.807, 2.05) is 35.2 Å². The van der Waals surface area contributed by atoms with Gasteiger partial charge >= 0.3 is 6.09 Å². The average Bonchev–Trinajstić information content (AvgIpc) is 3.02. The first-order chi connectivity index (χ1) is 15.9. The Kier molecular flexibility index (Phi) is 7.20. The molecule has 2 aromatic rings. The van der Waals surface area contributed by atoms with E-state index in [1.54, 1.807) is 17.2 Å². The number of nitrogens with zero attached hydrogens (tertiary/aromatic N) is 3. The molecule has 0 aliphatic carbocycles. The summed E-state index contributed by atoms with van der Waals surface area (Å²) in [6.07, 6.45) is -0.0797. The molecule has 2 heterocycles. The molecule has 9 heteroatoms. The van der Waals surface area contributed by atoms with E-state index in [0.717, 1.165) is 5.56 Å². The van der Waals surface area contributed by atoms with Gasteiger partial charge in [0.2, 0.25) is 0 Å². The molecule has 0 saturated carbocycles. The largest absolute Gasteiger partial charge is 0.444 e. The molecule has 2 fully saturated rings. The van der Waals surface area contributed by atoms with Gasteiger partial charge in [0.25, 0.3) is 0 Å². The Hall–Kier alpha value is -3.04. The summed E-state index contributed by atoms with van der Waals surface area (Å²) in [7, 11) is 0. The number of ketones is 1. The maximum atomic E-state index is 15.1. The van der Waals surface area contributed by atoms with Gasteiger partial charge in [0.1, 0.15) is 22.7 Å². The summed E-state index contributed by atoms with van der Waals surface area (Å²) >= 11 is 5.55. The van der Waals surface area contributed by atoms with Crippen molar-refractivity contribution in [3.8, 4) is 0 Å². The molecule has 2 saturated heterocycles. The Morgan fingerprint density at radius 2 is 1.94 bits per heavy atom. The molecule has 33 heavy (non-hydrogen) atoms. The SMILES string of the molecule is CC(=O)CC[C@H]1CN(c2ccc(N3CCON(C(=S)c4ccccc4)CC3)c(F)c2)C(=O)O1. The first kappa shape index (κ1) is 23.1. The highest BCUT2D eigenvalue weighted by atomic mass is 32.1. The third-order valence-corrected chi connectivity index (χ3v) is 6.14. The maximum absolute atomic E-state index is 15.1. The Morgan fingerprint density at radius 1 is 1.15 bits per heavy atom. The van der Waals surface area contributed by atoms with E-state index in [2.05, 4.69) is 0 Å². The topological polar surface area (TPSA) is 62.3 Å². The number of halogens is 1. The van der Waals surface area contributed by atoms with E-state index < -0.39 is 11.9 Å². The predicted octanol–water partition coefficient (Wildman–Crippen LogP) is 3.95. The van der Waals surface area contributed by atoms with E-state index in [-0.39, 0.29) is 11.9 Å². The zero-order valence-electron chi connectivity index (χ0n) is 18.4. The van der Waals surface area contributed by atoms with Gasteiger partial charge in [-0.05, 0) is 31.5 Å². The Labute approximate surface area is 197 Å². The molecular formula is C24H26FN3O4S. The van der Waals surface area contributed by atoms with Gasteiger partial charge in [0.15, 0.2) is 0 Å². The summed E-state index contributed by atoms with van der Waals surface area (Å²) in [6, 6.07) is 14.4. The number of hydrogen-bond acceptors (Lipinski definition) is 6. The highest BCUT2D eigenvalue weighted by Gasteiger charge is 2.33. The Bertz CT molecular complexity index is 1040. The number of carbonyl (C=O) groups excluding carboxylic acids is 2. The van der Waals surface area contributed by atoms with Gasteiger partial charge in [-0.25, -0.2) is 14.2 Å². The molecule has 0 bridgehead atoms. The van der Waals surface area contributed by atoms with Crippen molar-refractivity contribution in [2.24, 2.45) is 0 Å². The number of hydrogen-bond donors (Lipinski definition) is 0. The molecule has 7 nitrogen and oxygen atoms in total. The summed E-state index contributed by atoms with van der Waals surface area (Å²) < 4.78 is 20.4. The van der Waals surface area contributed by atoms with Gasteiger partial charge in [0.05, 0.1) is 31.1 Å². The number of carbonyl (C=O) groups is 2. The normalized spacial score (nSPS) is 18.8. The zero-order chi connectivity index (χ0) is 23.4. The van der Waals surface area contributed by atoms with Crippen LogP contribution in [0.1, 0.15) is 25.3 Å². The van der Waals surface area contributed by atoms with Crippen LogP contribution in [-0.2, 0) is 14.4 Å². The summed E-state index contributed by atoms with van der Waals surface area (Å²) in [5.41, 5.74) is 1.77. The van der Waals surface area contributed by atoms with Crippen molar-refractivity contribution >= 4 is 40.5 Å². The summed E-state index contributed by atoms with van der Waals surface area (Å²) in [4.78, 5) is 33.2. The number of anilines is 2. The molecule has 0 spiro atoms. The second kappa shape index (κ2) is 10.3. The van der Waals surface area contributed by atoms with E-state index in [1.165, 1.54) is 17.9 Å². The minimum Gasteiger partial charge on any atom is -0.444 e. The fraction of sp³-hybridized carbons (Fsp3) is 0.375. The number of thiocarbonyl (C=S) groups is 1. The summed E-state index contributed by atoms with van der Waals surface area (Å²) in [5.74, 6) is -0.379. The monoisotopic (exact) mass is 471 g/mol. The molecule has 1 atom stereocenters. The first-order valence-electron chi connectivity index (χ1n) is 10.9. The number of cyclic esters (lactones) is 1. The fourth-order valence-corrected chi connectivity index (χ4v) is 4.22. The van der Waals surface area contributed by atoms with Crippen molar-refractivity contribution in [2.45, 2.75) is 25.9 Å². The second-order valence-electron chi connectivity index (χ2n) is 8.09. The minimum atomic E-state index is -0.524. The number of amides is 1. The third-order valence-electron chi connectivity index (χ3n) is 5.70. The van der Waals surface area contributed by atoms with Crippen molar-refractivity contribution in [1.29, 1.82) is 0 Å². The predicted molar refractivity (Wildman–Crippen MR) is 127 cm³/mol. The highest BCUT2D eigenvalue weighted by Crippen LogP contribution is 2.29. The lowest BCUT2D eigenvalue weighted by Crippen LogP contribution is -2.34. The number of hydroxylamine groups is 2. The molecule has 2 aromatic carbocycles. The van der Waals surface area contributed by atoms with Crippen LogP contribution < -0.4 is 9.80 Å². The minimum absolute atomic E-state index is 0.0458. The van der Waals surface area contributed by atoms with Crippen molar-refractivity contribution < 1.29 is 23.6 Å². The van der Waals surface area contributed by atoms with Crippen molar-refractivity contribution in [3.05, 3.63) is 59.9 Å². The molecule has 0 aromatic heterocycles. The van der Waals surface area contributed by atoms with Crippen molar-refractivity contribution in [3.63, 3.8) is 0 Å². The van der Waals surface area contributed by atoms with Gasteiger partial charge in [-0.2, -0.15) is 0 Å². The first-order valence-corrected chi connectivity index (χ1v) is 11.3. The van der Waals surface area contributed by atoms with Gasteiger partial charge in [-0.1, -0.05) is 42.5 Å². The van der Waals surface area contributed by atoms with E-state index in [9.17, 15) is 9.59 Å². The number of Topliss-reactive ketones (excluding diaryl/α,β-unsaturated/α-hetero) is 1. The number of benzene rings is 2. The highest BCUT2D eigenvalue weighted by molar-refractivity contribution is 7.80. The number of rotatable bonds is 6.